The van der Waals surface area contributed by atoms with E-state index >= 15 is 0 Å². The normalized spacial score (nSPS) is 10.4. The number of hydrogen-bond acceptors (Lipinski definition) is 4. The molecule has 0 saturated heterocycles. The van der Waals surface area contributed by atoms with Crippen LogP contribution in [0.1, 0.15) is 29.9 Å². The number of carbonyl (C=O) groups is 1. The van der Waals surface area contributed by atoms with E-state index < -0.39 is 0 Å². The molecule has 2 rings (SSSR count). The molecule has 0 radical (unpaired) electrons. The molecule has 1 aromatic carbocycles. The van der Waals surface area contributed by atoms with Gasteiger partial charge in [0.1, 0.15) is 17.8 Å². The fourth-order valence-corrected chi connectivity index (χ4v) is 1.91. The first-order valence-corrected chi connectivity index (χ1v) is 7.06. The van der Waals surface area contributed by atoms with Gasteiger partial charge in [0.2, 0.25) is 0 Å². The first-order chi connectivity index (χ1) is 10.1. The van der Waals surface area contributed by atoms with E-state index in [-0.39, 0.29) is 11.9 Å². The molecule has 0 aliphatic heterocycles. The molecule has 1 amide bonds. The predicted octanol–water partition coefficient (Wildman–Crippen LogP) is 2.27. The van der Waals surface area contributed by atoms with Crippen LogP contribution in [0.15, 0.2) is 42.7 Å². The summed E-state index contributed by atoms with van der Waals surface area (Å²) in [6.07, 6.45) is 2.20. The van der Waals surface area contributed by atoms with Crippen molar-refractivity contribution in [3.8, 4) is 0 Å². The van der Waals surface area contributed by atoms with E-state index in [1.807, 2.05) is 44.2 Å². The number of hydrogen-bond donors (Lipinski definition) is 2. The largest absolute Gasteiger partial charge is 0.368 e. The molecule has 0 aliphatic rings. The Bertz CT molecular complexity index is 584. The minimum Gasteiger partial charge on any atom is -0.368 e. The lowest BCUT2D eigenvalue weighted by Crippen LogP contribution is -2.27. The molecule has 0 fully saturated rings. The molecule has 5 nitrogen and oxygen atoms in total. The van der Waals surface area contributed by atoms with Gasteiger partial charge in [-0.25, -0.2) is 9.97 Å². The van der Waals surface area contributed by atoms with Gasteiger partial charge in [0.25, 0.3) is 5.91 Å². The van der Waals surface area contributed by atoms with Gasteiger partial charge in [-0.1, -0.05) is 30.3 Å². The first-order valence-electron chi connectivity index (χ1n) is 7.06. The summed E-state index contributed by atoms with van der Waals surface area (Å²) in [5.74, 6) is 0.480. The van der Waals surface area contributed by atoms with Crippen molar-refractivity contribution in [3.05, 3.63) is 54.0 Å². The van der Waals surface area contributed by atoms with Crippen LogP contribution in [-0.2, 0) is 6.42 Å². The lowest BCUT2D eigenvalue weighted by Gasteiger charge is -2.09. The second-order valence-electron chi connectivity index (χ2n) is 5.08. The van der Waals surface area contributed by atoms with E-state index in [1.165, 1.54) is 11.9 Å². The van der Waals surface area contributed by atoms with E-state index in [0.29, 0.717) is 18.1 Å². The van der Waals surface area contributed by atoms with Gasteiger partial charge in [0.05, 0.1) is 0 Å². The van der Waals surface area contributed by atoms with Crippen molar-refractivity contribution < 1.29 is 4.79 Å². The van der Waals surface area contributed by atoms with Gasteiger partial charge in [-0.3, -0.25) is 4.79 Å². The molecule has 5 heteroatoms. The fourth-order valence-electron chi connectivity index (χ4n) is 1.91. The summed E-state index contributed by atoms with van der Waals surface area (Å²) in [5.41, 5.74) is 1.57. The molecular weight excluding hydrogens is 264 g/mol. The van der Waals surface area contributed by atoms with E-state index in [1.54, 1.807) is 6.07 Å². The van der Waals surface area contributed by atoms with Crippen LogP contribution in [0, 0.1) is 0 Å². The number of rotatable bonds is 6. The Kier molecular flexibility index (Phi) is 5.26. The molecule has 2 aromatic rings. The monoisotopic (exact) mass is 284 g/mol. The van der Waals surface area contributed by atoms with Crippen molar-refractivity contribution in [2.24, 2.45) is 0 Å². The number of nitrogens with zero attached hydrogens (tertiary/aromatic N) is 2. The van der Waals surface area contributed by atoms with Crippen LogP contribution in [0.25, 0.3) is 0 Å². The number of amides is 1. The van der Waals surface area contributed by atoms with Crippen LogP contribution in [0.3, 0.4) is 0 Å². The quantitative estimate of drug-likeness (QED) is 0.854. The highest BCUT2D eigenvalue weighted by Gasteiger charge is 2.08. The van der Waals surface area contributed by atoms with Crippen LogP contribution in [0.2, 0.25) is 0 Å². The second-order valence-corrected chi connectivity index (χ2v) is 5.08. The zero-order valence-corrected chi connectivity index (χ0v) is 12.3. The Morgan fingerprint density at radius 2 is 1.95 bits per heavy atom. The molecule has 0 spiro atoms. The maximum atomic E-state index is 12.0. The smallest absolute Gasteiger partial charge is 0.270 e. The van der Waals surface area contributed by atoms with Crippen LogP contribution >= 0.6 is 0 Å². The topological polar surface area (TPSA) is 66.9 Å². The van der Waals surface area contributed by atoms with E-state index in [2.05, 4.69) is 20.6 Å². The second kappa shape index (κ2) is 7.38. The number of aromatic nitrogens is 2. The average molecular weight is 284 g/mol. The SMILES string of the molecule is CC(C)Nc1cc(C(=O)NCCc2ccccc2)ncn1. The Balaban J connectivity index is 1.88. The molecule has 0 atom stereocenters. The van der Waals surface area contributed by atoms with Crippen molar-refractivity contribution in [2.45, 2.75) is 26.3 Å². The Labute approximate surface area is 124 Å². The van der Waals surface area contributed by atoms with Gasteiger partial charge in [0, 0.05) is 18.7 Å². The van der Waals surface area contributed by atoms with E-state index in [9.17, 15) is 4.79 Å². The third kappa shape index (κ3) is 4.87. The van der Waals surface area contributed by atoms with E-state index in [4.69, 9.17) is 0 Å². The summed E-state index contributed by atoms with van der Waals surface area (Å²) in [7, 11) is 0. The summed E-state index contributed by atoms with van der Waals surface area (Å²) in [4.78, 5) is 20.1. The minimum atomic E-state index is -0.180. The lowest BCUT2D eigenvalue weighted by molar-refractivity contribution is 0.0949. The van der Waals surface area contributed by atoms with Crippen molar-refractivity contribution in [1.82, 2.24) is 15.3 Å². The molecule has 1 aromatic heterocycles. The molecule has 0 aliphatic carbocycles. The zero-order chi connectivity index (χ0) is 15.1. The van der Waals surface area contributed by atoms with Gasteiger partial charge in [-0.15, -0.1) is 0 Å². The zero-order valence-electron chi connectivity index (χ0n) is 12.3. The van der Waals surface area contributed by atoms with Crippen LogP contribution < -0.4 is 10.6 Å². The van der Waals surface area contributed by atoms with Gasteiger partial charge in [-0.2, -0.15) is 0 Å². The van der Waals surface area contributed by atoms with Crippen molar-refractivity contribution in [2.75, 3.05) is 11.9 Å². The number of anilines is 1. The summed E-state index contributed by atoms with van der Waals surface area (Å²) < 4.78 is 0. The summed E-state index contributed by atoms with van der Waals surface area (Å²) in [5, 5.41) is 6.02. The third-order valence-electron chi connectivity index (χ3n) is 2.88. The van der Waals surface area contributed by atoms with Crippen LogP contribution in [0.4, 0.5) is 5.82 Å². The third-order valence-corrected chi connectivity index (χ3v) is 2.88. The Morgan fingerprint density at radius 3 is 2.67 bits per heavy atom. The maximum Gasteiger partial charge on any atom is 0.270 e. The standard InChI is InChI=1S/C16H20N4O/c1-12(2)20-15-10-14(18-11-19-15)16(21)17-9-8-13-6-4-3-5-7-13/h3-7,10-12H,8-9H2,1-2H3,(H,17,21)(H,18,19,20). The van der Waals surface area contributed by atoms with Gasteiger partial charge in [0.15, 0.2) is 0 Å². The highest BCUT2D eigenvalue weighted by molar-refractivity contribution is 5.92. The first kappa shape index (κ1) is 15.0. The number of carbonyl (C=O) groups excluding carboxylic acids is 1. The van der Waals surface area contributed by atoms with Crippen molar-refractivity contribution in [3.63, 3.8) is 0 Å². The van der Waals surface area contributed by atoms with E-state index in [0.717, 1.165) is 6.42 Å². The Morgan fingerprint density at radius 1 is 1.19 bits per heavy atom. The molecule has 0 bridgehead atoms. The fraction of sp³-hybridized carbons (Fsp3) is 0.312. The van der Waals surface area contributed by atoms with Gasteiger partial charge >= 0.3 is 0 Å². The lowest BCUT2D eigenvalue weighted by atomic mass is 10.1. The molecule has 1 heterocycles. The van der Waals surface area contributed by atoms with Gasteiger partial charge < -0.3 is 10.6 Å². The highest BCUT2D eigenvalue weighted by atomic mass is 16.1. The van der Waals surface area contributed by atoms with Crippen molar-refractivity contribution >= 4 is 11.7 Å². The predicted molar refractivity (Wildman–Crippen MR) is 83.3 cm³/mol. The summed E-state index contributed by atoms with van der Waals surface area (Å²) in [6, 6.07) is 12.0. The highest BCUT2D eigenvalue weighted by Crippen LogP contribution is 2.05. The molecule has 21 heavy (non-hydrogen) atoms. The maximum absolute atomic E-state index is 12.0. The average Bonchev–Trinajstić information content (AvgIpc) is 2.48. The van der Waals surface area contributed by atoms with Gasteiger partial charge in [-0.05, 0) is 25.8 Å². The molecular formula is C16H20N4O. The summed E-state index contributed by atoms with van der Waals surface area (Å²) >= 11 is 0. The van der Waals surface area contributed by atoms with Crippen molar-refractivity contribution in [1.29, 1.82) is 0 Å². The summed E-state index contributed by atoms with van der Waals surface area (Å²) in [6.45, 7) is 4.61. The number of benzene rings is 1. The number of nitrogens with one attached hydrogen (secondary N) is 2. The molecule has 0 unspecified atom stereocenters. The Hall–Kier alpha value is -2.43. The molecule has 110 valence electrons. The molecule has 2 N–H and O–H groups in total. The minimum absolute atomic E-state index is 0.180. The molecule has 0 saturated carbocycles. The van der Waals surface area contributed by atoms with Crippen LogP contribution in [-0.4, -0.2) is 28.5 Å². The van der Waals surface area contributed by atoms with Crippen LogP contribution in [0.5, 0.6) is 0 Å².